The molecule has 2 aromatic carbocycles. The van der Waals surface area contributed by atoms with Crippen molar-refractivity contribution in [1.82, 2.24) is 0 Å². The number of aliphatic hydroxyl groups excluding tert-OH is 1. The summed E-state index contributed by atoms with van der Waals surface area (Å²) in [5.41, 5.74) is 1.83. The smallest absolute Gasteiger partial charge is 0.123 e. The summed E-state index contributed by atoms with van der Waals surface area (Å²) in [6, 6.07) is 9.15. The Bertz CT molecular complexity index is 555. The van der Waals surface area contributed by atoms with E-state index < -0.39 is 0 Å². The lowest BCUT2D eigenvalue weighted by molar-refractivity contribution is 0.282. The number of aliphatic hydroxyl groups is 1. The Hall–Kier alpha value is -1.09. The molecule has 0 saturated carbocycles. The van der Waals surface area contributed by atoms with Crippen LogP contribution in [-0.2, 0) is 6.61 Å². The van der Waals surface area contributed by atoms with E-state index in [4.69, 9.17) is 28.3 Å². The van der Waals surface area contributed by atoms with Gasteiger partial charge in [-0.25, -0.2) is 4.39 Å². The fourth-order valence-corrected chi connectivity index (χ4v) is 2.02. The van der Waals surface area contributed by atoms with E-state index in [1.165, 1.54) is 18.2 Å². The first-order chi connectivity index (χ1) is 8.11. The van der Waals surface area contributed by atoms with Gasteiger partial charge in [-0.15, -0.1) is 0 Å². The highest BCUT2D eigenvalue weighted by molar-refractivity contribution is 6.36. The Labute approximate surface area is 108 Å². The maximum absolute atomic E-state index is 13.2. The fraction of sp³-hybridized carbons (Fsp3) is 0.0769. The zero-order valence-corrected chi connectivity index (χ0v) is 10.3. The van der Waals surface area contributed by atoms with Crippen LogP contribution in [0.15, 0.2) is 36.4 Å². The van der Waals surface area contributed by atoms with Gasteiger partial charge >= 0.3 is 0 Å². The van der Waals surface area contributed by atoms with Crippen molar-refractivity contribution in [3.63, 3.8) is 0 Å². The van der Waals surface area contributed by atoms with Crippen molar-refractivity contribution in [3.8, 4) is 11.1 Å². The van der Waals surface area contributed by atoms with Gasteiger partial charge in [-0.05, 0) is 35.9 Å². The van der Waals surface area contributed by atoms with Crippen LogP contribution >= 0.6 is 23.2 Å². The van der Waals surface area contributed by atoms with E-state index in [9.17, 15) is 4.39 Å². The topological polar surface area (TPSA) is 20.2 Å². The molecule has 0 spiro atoms. The molecule has 17 heavy (non-hydrogen) atoms. The van der Waals surface area contributed by atoms with Crippen molar-refractivity contribution < 1.29 is 9.50 Å². The lowest BCUT2D eigenvalue weighted by Crippen LogP contribution is -1.88. The minimum absolute atomic E-state index is 0.100. The Morgan fingerprint density at radius 1 is 0.941 bits per heavy atom. The van der Waals surface area contributed by atoms with E-state index in [0.29, 0.717) is 26.7 Å². The predicted molar refractivity (Wildman–Crippen MR) is 67.8 cm³/mol. The van der Waals surface area contributed by atoms with Crippen molar-refractivity contribution in [1.29, 1.82) is 0 Å². The predicted octanol–water partition coefficient (Wildman–Crippen LogP) is 4.29. The molecule has 1 nitrogen and oxygen atoms in total. The van der Waals surface area contributed by atoms with Crippen molar-refractivity contribution in [3.05, 3.63) is 57.8 Å². The molecule has 88 valence electrons. The van der Waals surface area contributed by atoms with Crippen LogP contribution in [0.4, 0.5) is 4.39 Å². The van der Waals surface area contributed by atoms with Crippen LogP contribution in [0.2, 0.25) is 10.0 Å². The molecule has 0 radical (unpaired) electrons. The molecule has 0 amide bonds. The van der Waals surface area contributed by atoms with Crippen LogP contribution in [0.3, 0.4) is 0 Å². The first kappa shape index (κ1) is 12.4. The molecule has 0 aliphatic rings. The highest BCUT2D eigenvalue weighted by Gasteiger charge is 2.09. The summed E-state index contributed by atoms with van der Waals surface area (Å²) in [6.45, 7) is -0.100. The molecule has 0 atom stereocenters. The molecule has 0 aliphatic heterocycles. The molecule has 4 heteroatoms. The molecule has 0 heterocycles. The van der Waals surface area contributed by atoms with E-state index in [-0.39, 0.29) is 12.4 Å². The minimum Gasteiger partial charge on any atom is -0.392 e. The first-order valence-electron chi connectivity index (χ1n) is 4.96. The van der Waals surface area contributed by atoms with Gasteiger partial charge in [0.1, 0.15) is 5.82 Å². The van der Waals surface area contributed by atoms with Crippen molar-refractivity contribution >= 4 is 23.2 Å². The van der Waals surface area contributed by atoms with Gasteiger partial charge in [-0.1, -0.05) is 29.3 Å². The van der Waals surface area contributed by atoms with Gasteiger partial charge in [0.2, 0.25) is 0 Å². The summed E-state index contributed by atoms with van der Waals surface area (Å²) >= 11 is 12.1. The summed E-state index contributed by atoms with van der Waals surface area (Å²) in [5.74, 6) is -0.380. The third-order valence-electron chi connectivity index (χ3n) is 2.43. The fourth-order valence-electron chi connectivity index (χ4n) is 1.58. The zero-order chi connectivity index (χ0) is 12.4. The van der Waals surface area contributed by atoms with E-state index >= 15 is 0 Å². The van der Waals surface area contributed by atoms with E-state index in [1.807, 2.05) is 0 Å². The third kappa shape index (κ3) is 2.60. The van der Waals surface area contributed by atoms with E-state index in [1.54, 1.807) is 18.2 Å². The maximum Gasteiger partial charge on any atom is 0.123 e. The van der Waals surface area contributed by atoms with Gasteiger partial charge in [0.25, 0.3) is 0 Å². The lowest BCUT2D eigenvalue weighted by atomic mass is 10.0. The van der Waals surface area contributed by atoms with Gasteiger partial charge in [0.05, 0.1) is 6.61 Å². The minimum atomic E-state index is -0.380. The summed E-state index contributed by atoms with van der Waals surface area (Å²) in [4.78, 5) is 0. The average molecular weight is 271 g/mol. The monoisotopic (exact) mass is 270 g/mol. The van der Waals surface area contributed by atoms with Crippen LogP contribution in [0.1, 0.15) is 5.56 Å². The summed E-state index contributed by atoms with van der Waals surface area (Å²) in [5, 5.41) is 9.96. The second-order valence-corrected chi connectivity index (χ2v) is 4.41. The molecule has 0 bridgehead atoms. The van der Waals surface area contributed by atoms with Crippen LogP contribution in [0.5, 0.6) is 0 Å². The second-order valence-electron chi connectivity index (χ2n) is 3.60. The molecule has 2 rings (SSSR count). The largest absolute Gasteiger partial charge is 0.392 e. The lowest BCUT2D eigenvalue weighted by Gasteiger charge is -2.08. The van der Waals surface area contributed by atoms with Crippen LogP contribution < -0.4 is 0 Å². The van der Waals surface area contributed by atoms with Gasteiger partial charge in [-0.2, -0.15) is 0 Å². The Balaban J connectivity index is 2.62. The summed E-state index contributed by atoms with van der Waals surface area (Å²) in [6.07, 6.45) is 0. The number of halogens is 3. The standard InChI is InChI=1S/C13H9Cl2FO/c14-12-3-1-8(7-17)5-10(12)11-6-9(16)2-4-13(11)15/h1-6,17H,7H2. The zero-order valence-electron chi connectivity index (χ0n) is 8.75. The SMILES string of the molecule is OCc1ccc(Cl)c(-c2cc(F)ccc2Cl)c1. The highest BCUT2D eigenvalue weighted by Crippen LogP contribution is 2.34. The van der Waals surface area contributed by atoms with Crippen LogP contribution in [0, 0.1) is 5.82 Å². The van der Waals surface area contributed by atoms with Crippen LogP contribution in [0.25, 0.3) is 11.1 Å². The van der Waals surface area contributed by atoms with E-state index in [2.05, 4.69) is 0 Å². The molecule has 0 fully saturated rings. The summed E-state index contributed by atoms with van der Waals surface area (Å²) in [7, 11) is 0. The number of hydrogen-bond donors (Lipinski definition) is 1. The van der Waals surface area contributed by atoms with Gasteiger partial charge in [-0.3, -0.25) is 0 Å². The average Bonchev–Trinajstić information content (AvgIpc) is 2.33. The van der Waals surface area contributed by atoms with Gasteiger partial charge in [0.15, 0.2) is 0 Å². The van der Waals surface area contributed by atoms with Crippen molar-refractivity contribution in [2.75, 3.05) is 0 Å². The molecule has 0 unspecified atom stereocenters. The van der Waals surface area contributed by atoms with E-state index in [0.717, 1.165) is 0 Å². The van der Waals surface area contributed by atoms with Crippen molar-refractivity contribution in [2.45, 2.75) is 6.61 Å². The molecular formula is C13H9Cl2FO. The normalized spacial score (nSPS) is 10.6. The molecule has 0 aromatic heterocycles. The third-order valence-corrected chi connectivity index (χ3v) is 3.09. The van der Waals surface area contributed by atoms with Gasteiger partial charge in [0, 0.05) is 21.2 Å². The molecule has 2 aromatic rings. The van der Waals surface area contributed by atoms with Crippen LogP contribution in [-0.4, -0.2) is 5.11 Å². The summed E-state index contributed by atoms with van der Waals surface area (Å²) < 4.78 is 13.2. The Kier molecular flexibility index (Phi) is 3.67. The van der Waals surface area contributed by atoms with Crippen molar-refractivity contribution in [2.24, 2.45) is 0 Å². The number of rotatable bonds is 2. The first-order valence-corrected chi connectivity index (χ1v) is 5.72. The number of hydrogen-bond acceptors (Lipinski definition) is 1. The second kappa shape index (κ2) is 5.05. The Morgan fingerprint density at radius 3 is 2.18 bits per heavy atom. The molecule has 0 aliphatic carbocycles. The quantitative estimate of drug-likeness (QED) is 0.863. The molecule has 1 N–H and O–H groups in total. The Morgan fingerprint density at radius 2 is 1.53 bits per heavy atom. The maximum atomic E-state index is 13.2. The van der Waals surface area contributed by atoms with Gasteiger partial charge < -0.3 is 5.11 Å². The molecular weight excluding hydrogens is 262 g/mol. The number of benzene rings is 2. The highest BCUT2D eigenvalue weighted by atomic mass is 35.5. The molecule has 0 saturated heterocycles.